The highest BCUT2D eigenvalue weighted by Gasteiger charge is 2.24. The minimum atomic E-state index is -3.69. The molecule has 0 spiro atoms. The molecular weight excluding hydrogens is 334 g/mol. The zero-order valence-electron chi connectivity index (χ0n) is 14.6. The van der Waals surface area contributed by atoms with Crippen LogP contribution in [-0.2, 0) is 16.4 Å². The van der Waals surface area contributed by atoms with Gasteiger partial charge in [-0.3, -0.25) is 0 Å². The van der Waals surface area contributed by atoms with Crippen LogP contribution in [0.4, 0.5) is 0 Å². The predicted octanol–water partition coefficient (Wildman–Crippen LogP) is 4.23. The molecular formula is C20H21NO3S. The van der Waals surface area contributed by atoms with E-state index in [1.807, 2.05) is 32.0 Å². The Morgan fingerprint density at radius 2 is 1.80 bits per heavy atom. The number of methoxy groups -OCH3 is 1. The Morgan fingerprint density at radius 3 is 2.40 bits per heavy atom. The quantitative estimate of drug-likeness (QED) is 0.644. The molecule has 5 heteroatoms. The molecule has 0 fully saturated rings. The molecule has 130 valence electrons. The van der Waals surface area contributed by atoms with E-state index < -0.39 is 10.0 Å². The summed E-state index contributed by atoms with van der Waals surface area (Å²) in [4.78, 5) is 0.277. The normalized spacial score (nSPS) is 11.6. The molecule has 0 saturated carbocycles. The number of aryl methyl sites for hydroxylation is 1. The summed E-state index contributed by atoms with van der Waals surface area (Å²) in [5, 5.41) is 0.868. The Balaban J connectivity index is 2.34. The van der Waals surface area contributed by atoms with Gasteiger partial charge in [0.25, 0.3) is 10.0 Å². The Morgan fingerprint density at radius 1 is 1.12 bits per heavy atom. The van der Waals surface area contributed by atoms with E-state index in [0.717, 1.165) is 16.5 Å². The van der Waals surface area contributed by atoms with Crippen molar-refractivity contribution in [2.45, 2.75) is 25.2 Å². The topological polar surface area (TPSA) is 48.3 Å². The number of hydrogen-bond donors (Lipinski definition) is 0. The maximum atomic E-state index is 13.3. The van der Waals surface area contributed by atoms with Gasteiger partial charge in [-0.1, -0.05) is 23.8 Å². The molecule has 0 bridgehead atoms. The minimum Gasteiger partial charge on any atom is -0.497 e. The SMILES string of the molecule is C=CCc1c(C)n(S(=O)(=O)c2ccc(C)cc2)c2ccc(OC)cc12. The third kappa shape index (κ3) is 2.85. The molecule has 0 amide bonds. The van der Waals surface area contributed by atoms with E-state index in [0.29, 0.717) is 23.4 Å². The zero-order valence-corrected chi connectivity index (χ0v) is 15.4. The monoisotopic (exact) mass is 355 g/mol. The van der Waals surface area contributed by atoms with Crippen molar-refractivity contribution in [2.24, 2.45) is 0 Å². The van der Waals surface area contributed by atoms with Crippen LogP contribution in [0.25, 0.3) is 10.9 Å². The van der Waals surface area contributed by atoms with Gasteiger partial charge in [-0.15, -0.1) is 6.58 Å². The second-order valence-electron chi connectivity index (χ2n) is 6.02. The molecule has 3 rings (SSSR count). The molecule has 2 aromatic carbocycles. The van der Waals surface area contributed by atoms with Gasteiger partial charge in [0.15, 0.2) is 0 Å². The summed E-state index contributed by atoms with van der Waals surface area (Å²) in [5.74, 6) is 0.697. The summed E-state index contributed by atoms with van der Waals surface area (Å²) in [7, 11) is -2.09. The Labute approximate surface area is 148 Å². The Hall–Kier alpha value is -2.53. The van der Waals surface area contributed by atoms with Crippen molar-refractivity contribution in [1.29, 1.82) is 0 Å². The lowest BCUT2D eigenvalue weighted by molar-refractivity contribution is 0.415. The first-order valence-electron chi connectivity index (χ1n) is 8.01. The molecule has 0 radical (unpaired) electrons. The van der Waals surface area contributed by atoms with Crippen LogP contribution in [-0.4, -0.2) is 19.5 Å². The van der Waals surface area contributed by atoms with E-state index in [9.17, 15) is 8.42 Å². The lowest BCUT2D eigenvalue weighted by Gasteiger charge is -2.11. The zero-order chi connectivity index (χ0) is 18.2. The van der Waals surface area contributed by atoms with Gasteiger partial charge in [-0.2, -0.15) is 0 Å². The number of nitrogens with zero attached hydrogens (tertiary/aromatic N) is 1. The minimum absolute atomic E-state index is 0.277. The molecule has 25 heavy (non-hydrogen) atoms. The molecule has 1 heterocycles. The molecule has 0 aliphatic carbocycles. The van der Waals surface area contributed by atoms with Gasteiger partial charge in [0, 0.05) is 11.1 Å². The first-order chi connectivity index (χ1) is 11.9. The van der Waals surface area contributed by atoms with Crippen molar-refractivity contribution in [3.05, 3.63) is 71.9 Å². The summed E-state index contributed by atoms with van der Waals surface area (Å²) in [6.07, 6.45) is 2.37. The van der Waals surface area contributed by atoms with E-state index in [1.54, 1.807) is 37.5 Å². The average Bonchev–Trinajstić information content (AvgIpc) is 2.87. The lowest BCUT2D eigenvalue weighted by atomic mass is 10.1. The van der Waals surface area contributed by atoms with Crippen LogP contribution < -0.4 is 4.74 Å². The molecule has 3 aromatic rings. The van der Waals surface area contributed by atoms with Crippen molar-refractivity contribution in [3.8, 4) is 5.75 Å². The third-order valence-electron chi connectivity index (χ3n) is 4.40. The standard InChI is InChI=1S/C20H21NO3S/c1-5-6-18-15(3)21(20-12-9-16(24-4)13-19(18)20)25(22,23)17-10-7-14(2)8-11-17/h5,7-13H,1,6H2,2-4H3. The van der Waals surface area contributed by atoms with Crippen LogP contribution >= 0.6 is 0 Å². The van der Waals surface area contributed by atoms with Crippen LogP contribution in [0.2, 0.25) is 0 Å². The maximum Gasteiger partial charge on any atom is 0.268 e. The number of hydrogen-bond acceptors (Lipinski definition) is 3. The van der Waals surface area contributed by atoms with E-state index >= 15 is 0 Å². The van der Waals surface area contributed by atoms with Gasteiger partial charge < -0.3 is 4.74 Å². The van der Waals surface area contributed by atoms with Crippen LogP contribution in [0.15, 0.2) is 60.0 Å². The summed E-state index contributed by atoms with van der Waals surface area (Å²) < 4.78 is 33.2. The first-order valence-corrected chi connectivity index (χ1v) is 9.45. The van der Waals surface area contributed by atoms with Crippen LogP contribution in [0.3, 0.4) is 0 Å². The molecule has 0 saturated heterocycles. The van der Waals surface area contributed by atoms with E-state index in [-0.39, 0.29) is 4.90 Å². The highest BCUT2D eigenvalue weighted by atomic mass is 32.2. The maximum absolute atomic E-state index is 13.3. The number of aromatic nitrogens is 1. The predicted molar refractivity (Wildman–Crippen MR) is 101 cm³/mol. The first kappa shape index (κ1) is 17.3. The molecule has 1 aromatic heterocycles. The number of ether oxygens (including phenoxy) is 1. The highest BCUT2D eigenvalue weighted by molar-refractivity contribution is 7.90. The van der Waals surface area contributed by atoms with Gasteiger partial charge in [0.1, 0.15) is 5.75 Å². The summed E-state index contributed by atoms with van der Waals surface area (Å²) >= 11 is 0. The van der Waals surface area contributed by atoms with Crippen LogP contribution in [0.1, 0.15) is 16.8 Å². The Kier molecular flexibility index (Phi) is 4.43. The second kappa shape index (κ2) is 6.41. The fourth-order valence-corrected chi connectivity index (χ4v) is 4.67. The van der Waals surface area contributed by atoms with Crippen molar-refractivity contribution < 1.29 is 13.2 Å². The smallest absolute Gasteiger partial charge is 0.268 e. The number of benzene rings is 2. The van der Waals surface area contributed by atoms with Gasteiger partial charge in [-0.25, -0.2) is 12.4 Å². The molecule has 0 aliphatic heterocycles. The fourth-order valence-electron chi connectivity index (χ4n) is 3.09. The van der Waals surface area contributed by atoms with Gasteiger partial charge >= 0.3 is 0 Å². The second-order valence-corrected chi connectivity index (χ2v) is 7.81. The molecule has 0 N–H and O–H groups in total. The molecule has 0 aliphatic rings. The van der Waals surface area contributed by atoms with Crippen molar-refractivity contribution in [1.82, 2.24) is 3.97 Å². The third-order valence-corrected chi connectivity index (χ3v) is 6.22. The van der Waals surface area contributed by atoms with Crippen molar-refractivity contribution >= 4 is 20.9 Å². The van der Waals surface area contributed by atoms with Gasteiger partial charge in [-0.05, 0) is 56.2 Å². The van der Waals surface area contributed by atoms with Crippen molar-refractivity contribution in [3.63, 3.8) is 0 Å². The molecule has 4 nitrogen and oxygen atoms in total. The van der Waals surface area contributed by atoms with E-state index in [4.69, 9.17) is 4.74 Å². The number of rotatable bonds is 5. The number of fused-ring (bicyclic) bond motifs is 1. The highest BCUT2D eigenvalue weighted by Crippen LogP contribution is 2.33. The molecule has 0 unspecified atom stereocenters. The lowest BCUT2D eigenvalue weighted by Crippen LogP contribution is -2.14. The fraction of sp³-hybridized carbons (Fsp3) is 0.200. The van der Waals surface area contributed by atoms with Gasteiger partial charge in [0.2, 0.25) is 0 Å². The summed E-state index contributed by atoms with van der Waals surface area (Å²) in [6.45, 7) is 7.56. The van der Waals surface area contributed by atoms with E-state index in [2.05, 4.69) is 6.58 Å². The Bertz CT molecular complexity index is 1040. The summed E-state index contributed by atoms with van der Waals surface area (Å²) in [5.41, 5.74) is 3.31. The molecule has 0 atom stereocenters. The van der Waals surface area contributed by atoms with E-state index in [1.165, 1.54) is 3.97 Å². The van der Waals surface area contributed by atoms with Gasteiger partial charge in [0.05, 0.1) is 17.5 Å². The van der Waals surface area contributed by atoms with Crippen LogP contribution in [0.5, 0.6) is 5.75 Å². The van der Waals surface area contributed by atoms with Crippen LogP contribution in [0, 0.1) is 13.8 Å². The largest absolute Gasteiger partial charge is 0.497 e. The average molecular weight is 355 g/mol. The summed E-state index contributed by atoms with van der Waals surface area (Å²) in [6, 6.07) is 12.4. The van der Waals surface area contributed by atoms with Crippen molar-refractivity contribution in [2.75, 3.05) is 7.11 Å². The number of allylic oxidation sites excluding steroid dienone is 1.